The molecule has 1 unspecified atom stereocenters. The highest BCUT2D eigenvalue weighted by molar-refractivity contribution is 5.85. The number of imidazole rings is 1. The molecule has 2 atom stereocenters. The van der Waals surface area contributed by atoms with Gasteiger partial charge in [0.15, 0.2) is 6.10 Å². The van der Waals surface area contributed by atoms with E-state index >= 15 is 0 Å². The van der Waals surface area contributed by atoms with Crippen LogP contribution >= 0.6 is 24.8 Å². The zero-order chi connectivity index (χ0) is 18.7. The first-order valence-corrected chi connectivity index (χ1v) is 8.24. The van der Waals surface area contributed by atoms with Gasteiger partial charge in [0.25, 0.3) is 0 Å². The van der Waals surface area contributed by atoms with E-state index in [1.807, 2.05) is 37.3 Å². The van der Waals surface area contributed by atoms with Crippen LogP contribution in [0, 0.1) is 0 Å². The molecule has 1 aromatic heterocycles. The van der Waals surface area contributed by atoms with Gasteiger partial charge in [-0.1, -0.05) is 12.1 Å². The van der Waals surface area contributed by atoms with Gasteiger partial charge in [-0.25, -0.2) is 4.98 Å². The van der Waals surface area contributed by atoms with Gasteiger partial charge in [-0.05, 0) is 43.2 Å². The highest BCUT2D eigenvalue weighted by Crippen LogP contribution is 2.24. The summed E-state index contributed by atoms with van der Waals surface area (Å²) in [4.78, 5) is 18.6. The molecule has 0 saturated heterocycles. The Bertz CT molecular complexity index is 915. The summed E-state index contributed by atoms with van der Waals surface area (Å²) in [7, 11) is 1.62. The molecule has 0 amide bonds. The molecule has 152 valence electrons. The number of fused-ring (bicyclic) bond motifs is 1. The van der Waals surface area contributed by atoms with Gasteiger partial charge in [0, 0.05) is 6.07 Å². The number of aromatic amines is 1. The quantitative estimate of drug-likeness (QED) is 0.531. The van der Waals surface area contributed by atoms with Crippen molar-refractivity contribution in [1.29, 1.82) is 0 Å². The molecule has 0 saturated carbocycles. The Morgan fingerprint density at radius 1 is 1.18 bits per heavy atom. The van der Waals surface area contributed by atoms with Crippen molar-refractivity contribution < 1.29 is 19.4 Å². The van der Waals surface area contributed by atoms with Gasteiger partial charge < -0.3 is 25.3 Å². The van der Waals surface area contributed by atoms with Crippen molar-refractivity contribution in [2.75, 3.05) is 7.11 Å². The number of aromatic nitrogens is 2. The maximum atomic E-state index is 10.8. The van der Waals surface area contributed by atoms with Crippen LogP contribution in [0.25, 0.3) is 11.0 Å². The molecule has 0 aliphatic heterocycles. The number of methoxy groups -OCH3 is 1. The molecule has 7 nitrogen and oxygen atoms in total. The lowest BCUT2D eigenvalue weighted by atomic mass is 10.1. The summed E-state index contributed by atoms with van der Waals surface area (Å²) in [6.07, 6.45) is -0.00292. The molecular formula is C19H23Cl2N3O4. The van der Waals surface area contributed by atoms with Crippen molar-refractivity contribution in [1.82, 2.24) is 9.97 Å². The summed E-state index contributed by atoms with van der Waals surface area (Å²) in [5.41, 5.74) is 8.12. The normalized spacial score (nSPS) is 12.4. The number of rotatable bonds is 7. The Morgan fingerprint density at radius 3 is 2.43 bits per heavy atom. The van der Waals surface area contributed by atoms with Crippen molar-refractivity contribution in [2.45, 2.75) is 25.5 Å². The summed E-state index contributed by atoms with van der Waals surface area (Å²) in [5.74, 6) is 1.13. The number of carboxylic acid groups (broad SMARTS) is 1. The van der Waals surface area contributed by atoms with Gasteiger partial charge in [-0.2, -0.15) is 0 Å². The topological polar surface area (TPSA) is 110 Å². The number of benzene rings is 2. The lowest BCUT2D eigenvalue weighted by Crippen LogP contribution is -2.32. The van der Waals surface area contributed by atoms with E-state index in [0.717, 1.165) is 22.3 Å². The standard InChI is InChI=1S/C19H21N3O4.2ClH/c1-11(18-21-16-8-7-14(25-2)10-17(16)22-18)26-13-5-3-12(4-6-13)9-15(20)19(23)24;;/h3-8,10-11,15H,9,20H2,1-2H3,(H,21,22)(H,23,24);2*1H/t11?,15-;;/m0../s1. The van der Waals surface area contributed by atoms with Gasteiger partial charge in [0.05, 0.1) is 18.1 Å². The summed E-state index contributed by atoms with van der Waals surface area (Å²) < 4.78 is 11.1. The van der Waals surface area contributed by atoms with E-state index in [1.165, 1.54) is 0 Å². The number of hydrogen-bond acceptors (Lipinski definition) is 5. The van der Waals surface area contributed by atoms with Crippen LogP contribution in [0.2, 0.25) is 0 Å². The smallest absolute Gasteiger partial charge is 0.320 e. The van der Waals surface area contributed by atoms with Gasteiger partial charge in [0.2, 0.25) is 0 Å². The van der Waals surface area contributed by atoms with Crippen LogP contribution < -0.4 is 15.2 Å². The van der Waals surface area contributed by atoms with Crippen molar-refractivity contribution in [3.8, 4) is 11.5 Å². The van der Waals surface area contributed by atoms with Crippen LogP contribution in [-0.4, -0.2) is 34.2 Å². The number of nitrogens with zero attached hydrogens (tertiary/aromatic N) is 1. The number of carbonyl (C=O) groups is 1. The predicted octanol–water partition coefficient (Wildman–Crippen LogP) is 3.51. The SMILES string of the molecule is COc1ccc2nc(C(C)Oc3ccc(C[C@H](N)C(=O)O)cc3)[nH]c2c1.Cl.Cl. The maximum absolute atomic E-state index is 10.8. The van der Waals surface area contributed by atoms with Crippen LogP contribution in [0.3, 0.4) is 0 Å². The van der Waals surface area contributed by atoms with E-state index in [-0.39, 0.29) is 37.3 Å². The fourth-order valence-corrected chi connectivity index (χ4v) is 2.63. The Morgan fingerprint density at radius 2 is 1.82 bits per heavy atom. The lowest BCUT2D eigenvalue weighted by Gasteiger charge is -2.13. The monoisotopic (exact) mass is 427 g/mol. The van der Waals surface area contributed by atoms with Gasteiger partial charge in [-0.3, -0.25) is 4.79 Å². The molecule has 1 heterocycles. The van der Waals surface area contributed by atoms with E-state index in [4.69, 9.17) is 20.3 Å². The molecular weight excluding hydrogens is 405 g/mol. The molecule has 2 aromatic carbocycles. The molecule has 0 radical (unpaired) electrons. The number of hydrogen-bond donors (Lipinski definition) is 3. The third-order valence-corrected chi connectivity index (χ3v) is 4.10. The van der Waals surface area contributed by atoms with Gasteiger partial charge >= 0.3 is 5.97 Å². The molecule has 3 aromatic rings. The Hall–Kier alpha value is -2.48. The Labute approximate surface area is 175 Å². The molecule has 0 spiro atoms. The highest BCUT2D eigenvalue weighted by Gasteiger charge is 2.14. The lowest BCUT2D eigenvalue weighted by molar-refractivity contribution is -0.138. The zero-order valence-electron chi connectivity index (χ0n) is 15.4. The molecule has 0 aliphatic carbocycles. The van der Waals surface area contributed by atoms with Crippen molar-refractivity contribution in [3.05, 3.63) is 53.9 Å². The van der Waals surface area contributed by atoms with Crippen LogP contribution in [-0.2, 0) is 11.2 Å². The number of aliphatic carboxylic acids is 1. The average Bonchev–Trinajstić information content (AvgIpc) is 3.06. The number of ether oxygens (including phenoxy) is 2. The molecule has 9 heteroatoms. The third-order valence-electron chi connectivity index (χ3n) is 4.10. The summed E-state index contributed by atoms with van der Waals surface area (Å²) in [6.45, 7) is 1.91. The first kappa shape index (κ1) is 23.6. The molecule has 3 rings (SSSR count). The number of nitrogens with two attached hydrogens (primary N) is 1. The number of carboxylic acids is 1. The zero-order valence-corrected chi connectivity index (χ0v) is 17.0. The second kappa shape index (κ2) is 10.2. The second-order valence-electron chi connectivity index (χ2n) is 6.06. The van der Waals surface area contributed by atoms with E-state index in [0.29, 0.717) is 11.6 Å². The Kier molecular flexibility index (Phi) is 8.56. The number of H-pyrrole nitrogens is 1. The highest BCUT2D eigenvalue weighted by atomic mass is 35.5. The van der Waals surface area contributed by atoms with E-state index < -0.39 is 12.0 Å². The molecule has 0 bridgehead atoms. The van der Waals surface area contributed by atoms with E-state index in [2.05, 4.69) is 9.97 Å². The minimum atomic E-state index is -1.01. The third kappa shape index (κ3) is 5.51. The molecule has 0 aliphatic rings. The molecule has 28 heavy (non-hydrogen) atoms. The fraction of sp³-hybridized carbons (Fsp3) is 0.263. The minimum Gasteiger partial charge on any atom is -0.497 e. The van der Waals surface area contributed by atoms with Gasteiger partial charge in [0.1, 0.15) is 23.4 Å². The summed E-state index contributed by atoms with van der Waals surface area (Å²) >= 11 is 0. The number of halogens is 2. The first-order chi connectivity index (χ1) is 12.5. The molecule has 0 fully saturated rings. The largest absolute Gasteiger partial charge is 0.497 e. The van der Waals surface area contributed by atoms with Crippen LogP contribution in [0.1, 0.15) is 24.4 Å². The van der Waals surface area contributed by atoms with Crippen molar-refractivity contribution >= 4 is 41.8 Å². The number of nitrogens with one attached hydrogen (secondary N) is 1. The van der Waals surface area contributed by atoms with E-state index in [9.17, 15) is 4.79 Å². The fourth-order valence-electron chi connectivity index (χ4n) is 2.63. The van der Waals surface area contributed by atoms with Crippen LogP contribution in [0.5, 0.6) is 11.5 Å². The summed E-state index contributed by atoms with van der Waals surface area (Å²) in [5, 5.41) is 8.87. The Balaban J connectivity index is 0.00000196. The van der Waals surface area contributed by atoms with Crippen molar-refractivity contribution in [3.63, 3.8) is 0 Å². The summed E-state index contributed by atoms with van der Waals surface area (Å²) in [6, 6.07) is 12.0. The predicted molar refractivity (Wildman–Crippen MR) is 112 cm³/mol. The minimum absolute atomic E-state index is 0. The maximum Gasteiger partial charge on any atom is 0.320 e. The van der Waals surface area contributed by atoms with E-state index in [1.54, 1.807) is 19.2 Å². The average molecular weight is 428 g/mol. The van der Waals surface area contributed by atoms with Crippen LogP contribution in [0.15, 0.2) is 42.5 Å². The first-order valence-electron chi connectivity index (χ1n) is 8.24. The second-order valence-corrected chi connectivity index (χ2v) is 6.06. The van der Waals surface area contributed by atoms with Crippen molar-refractivity contribution in [2.24, 2.45) is 5.73 Å². The molecule has 4 N–H and O–H groups in total. The van der Waals surface area contributed by atoms with Crippen LogP contribution in [0.4, 0.5) is 0 Å². The van der Waals surface area contributed by atoms with Gasteiger partial charge in [-0.15, -0.1) is 24.8 Å².